The largest absolute Gasteiger partial charge is 0.494 e. The molecule has 0 spiro atoms. The zero-order valence-electron chi connectivity index (χ0n) is 17.7. The van der Waals surface area contributed by atoms with Crippen molar-refractivity contribution in [2.75, 3.05) is 12.4 Å². The summed E-state index contributed by atoms with van der Waals surface area (Å²) in [5.74, 6) is 2.30. The predicted octanol–water partition coefficient (Wildman–Crippen LogP) is 7.20. The van der Waals surface area contributed by atoms with Crippen molar-refractivity contribution >= 4 is 28.0 Å². The van der Waals surface area contributed by atoms with Crippen molar-refractivity contribution in [2.24, 2.45) is 0 Å². The van der Waals surface area contributed by atoms with Gasteiger partial charge >= 0.3 is 0 Å². The fourth-order valence-electron chi connectivity index (χ4n) is 2.85. The third-order valence-electron chi connectivity index (χ3n) is 4.54. The molecular weight excluding hydrogens is 480 g/mol. The third kappa shape index (κ3) is 9.93. The van der Waals surface area contributed by atoms with Gasteiger partial charge < -0.3 is 9.47 Å². The van der Waals surface area contributed by atoms with Crippen LogP contribution in [0.1, 0.15) is 41.3 Å². The Morgan fingerprint density at radius 3 is 2.68 bits per heavy atom. The Morgan fingerprint density at radius 2 is 1.97 bits per heavy atom. The van der Waals surface area contributed by atoms with Crippen LogP contribution in [0, 0.1) is 0 Å². The lowest BCUT2D eigenvalue weighted by Crippen LogP contribution is -2.00. The Hall–Kier alpha value is -1.77. The highest BCUT2D eigenvalue weighted by molar-refractivity contribution is 9.09. The first kappa shape index (κ1) is 25.5. The first-order chi connectivity index (χ1) is 15.2. The maximum Gasteiger partial charge on any atom is 0.119 e. The van der Waals surface area contributed by atoms with Crippen molar-refractivity contribution in [3.63, 3.8) is 0 Å². The molecule has 2 rings (SSSR count). The summed E-state index contributed by atoms with van der Waals surface area (Å²) in [6, 6.07) is 16.7. The summed E-state index contributed by atoms with van der Waals surface area (Å²) in [7, 11) is 0. The molecule has 0 bridgehead atoms. The molecule has 0 amide bonds. The first-order valence-electron chi connectivity index (χ1n) is 10.1. The maximum atomic E-state index is 8.08. The van der Waals surface area contributed by atoms with E-state index in [0.717, 1.165) is 48.4 Å². The number of aryl methyl sites for hydroxylation is 1. The van der Waals surface area contributed by atoms with Crippen LogP contribution in [0.5, 0.6) is 5.75 Å². The van der Waals surface area contributed by atoms with E-state index in [1.807, 2.05) is 25.1 Å². The Bertz CT molecular complexity index is 810. The monoisotopic (exact) mass is 508 g/mol. The van der Waals surface area contributed by atoms with Crippen LogP contribution in [-0.2, 0) is 27.1 Å². The Morgan fingerprint density at radius 1 is 1.19 bits per heavy atom. The van der Waals surface area contributed by atoms with Crippen LogP contribution in [-0.4, -0.2) is 17.6 Å². The van der Waals surface area contributed by atoms with Gasteiger partial charge in [-0.2, -0.15) is 0 Å². The van der Waals surface area contributed by atoms with Crippen LogP contribution in [0.15, 0.2) is 73.0 Å². The molecular formula is C24H29BrO5S. The predicted molar refractivity (Wildman–Crippen MR) is 129 cm³/mol. The van der Waals surface area contributed by atoms with Gasteiger partial charge in [0.2, 0.25) is 0 Å². The summed E-state index contributed by atoms with van der Waals surface area (Å²) in [4.78, 5) is 0.245. The number of alkyl halides is 1. The zero-order valence-corrected chi connectivity index (χ0v) is 20.1. The minimum atomic E-state index is 0.245. The minimum Gasteiger partial charge on any atom is -0.494 e. The van der Waals surface area contributed by atoms with Gasteiger partial charge in [0.05, 0.1) is 6.61 Å². The van der Waals surface area contributed by atoms with Gasteiger partial charge in [0, 0.05) is 22.6 Å². The van der Waals surface area contributed by atoms with Gasteiger partial charge in [0.15, 0.2) is 0 Å². The van der Waals surface area contributed by atoms with E-state index in [-0.39, 0.29) is 4.83 Å². The molecule has 1 unspecified atom stereocenters. The topological polar surface area (TPSA) is 57.2 Å². The molecule has 0 fully saturated rings. The molecule has 1 N–H and O–H groups in total. The van der Waals surface area contributed by atoms with Gasteiger partial charge in [-0.05, 0) is 67.2 Å². The quantitative estimate of drug-likeness (QED) is 0.0521. The van der Waals surface area contributed by atoms with E-state index in [2.05, 4.69) is 68.3 Å². The molecule has 31 heavy (non-hydrogen) atoms. The average Bonchev–Trinajstić information content (AvgIpc) is 2.81. The molecule has 0 heterocycles. The van der Waals surface area contributed by atoms with Crippen molar-refractivity contribution in [1.82, 2.24) is 0 Å². The smallest absolute Gasteiger partial charge is 0.119 e. The number of halogens is 1. The van der Waals surface area contributed by atoms with Crippen molar-refractivity contribution in [1.29, 1.82) is 0 Å². The molecule has 0 aliphatic heterocycles. The van der Waals surface area contributed by atoms with Gasteiger partial charge in [0.25, 0.3) is 0 Å². The second-order valence-corrected chi connectivity index (χ2v) is 8.63. The standard InChI is InChI=1S/C24H29BrO5S/c1-3-22(4-2)28-18-20-11-9-19(10-12-20)13-14-24(25)21-7-5-8-23(17-21)27-15-6-16-31-30-29-26/h3-5,7-12,17,24,26H,1,6,13-16,18H2,2H3/b22-4+. The van der Waals surface area contributed by atoms with Crippen molar-refractivity contribution < 1.29 is 24.1 Å². The summed E-state index contributed by atoms with van der Waals surface area (Å²) < 4.78 is 15.8. The van der Waals surface area contributed by atoms with Crippen LogP contribution in [0.4, 0.5) is 0 Å². The number of hydrogen-bond acceptors (Lipinski definition) is 6. The molecule has 168 valence electrons. The highest BCUT2D eigenvalue weighted by atomic mass is 79.9. The van der Waals surface area contributed by atoms with Crippen molar-refractivity contribution in [2.45, 2.75) is 37.6 Å². The molecule has 0 aromatic heterocycles. The van der Waals surface area contributed by atoms with Crippen LogP contribution >= 0.6 is 28.0 Å². The number of hydrogen-bond donors (Lipinski definition) is 1. The van der Waals surface area contributed by atoms with Gasteiger partial charge in [-0.1, -0.05) is 63.9 Å². The first-order valence-corrected chi connectivity index (χ1v) is 11.9. The molecule has 1 atom stereocenters. The normalized spacial score (nSPS) is 12.4. The lowest BCUT2D eigenvalue weighted by molar-refractivity contribution is -0.432. The summed E-state index contributed by atoms with van der Waals surface area (Å²) >= 11 is 4.84. The fourth-order valence-corrected chi connectivity index (χ4v) is 3.71. The van der Waals surface area contributed by atoms with E-state index >= 15 is 0 Å². The second-order valence-electron chi connectivity index (χ2n) is 6.75. The van der Waals surface area contributed by atoms with Gasteiger partial charge in [0.1, 0.15) is 18.1 Å². The molecule has 0 radical (unpaired) electrons. The summed E-state index contributed by atoms with van der Waals surface area (Å²) in [6.07, 6.45) is 6.35. The zero-order chi connectivity index (χ0) is 22.3. The van der Waals surface area contributed by atoms with Crippen molar-refractivity contribution in [3.05, 3.63) is 89.7 Å². The number of benzene rings is 2. The number of rotatable bonds is 15. The Labute approximate surface area is 197 Å². The van der Waals surface area contributed by atoms with Gasteiger partial charge in [-0.3, -0.25) is 0 Å². The summed E-state index contributed by atoms with van der Waals surface area (Å²) in [6.45, 7) is 6.78. The third-order valence-corrected chi connectivity index (χ3v) is 6.14. The van der Waals surface area contributed by atoms with Crippen LogP contribution < -0.4 is 4.74 Å². The van der Waals surface area contributed by atoms with Gasteiger partial charge in [-0.25, -0.2) is 5.26 Å². The fraction of sp³-hybridized carbons (Fsp3) is 0.333. The van der Waals surface area contributed by atoms with Crippen LogP contribution in [0.2, 0.25) is 0 Å². The van der Waals surface area contributed by atoms with E-state index < -0.39 is 0 Å². The summed E-state index contributed by atoms with van der Waals surface area (Å²) in [5.41, 5.74) is 3.62. The van der Waals surface area contributed by atoms with Crippen LogP contribution in [0.3, 0.4) is 0 Å². The molecule has 0 saturated heterocycles. The van der Waals surface area contributed by atoms with E-state index in [4.69, 9.17) is 14.7 Å². The molecule has 0 aliphatic rings. The maximum absolute atomic E-state index is 8.08. The van der Waals surface area contributed by atoms with E-state index in [1.165, 1.54) is 11.1 Å². The minimum absolute atomic E-state index is 0.245. The van der Waals surface area contributed by atoms with Crippen LogP contribution in [0.25, 0.3) is 0 Å². The van der Waals surface area contributed by atoms with Gasteiger partial charge in [-0.15, -0.1) is 4.33 Å². The molecule has 2 aromatic carbocycles. The molecule has 2 aromatic rings. The average molecular weight is 509 g/mol. The number of ether oxygens (including phenoxy) is 2. The second kappa shape index (κ2) is 15.1. The molecule has 0 saturated carbocycles. The molecule has 7 heteroatoms. The van der Waals surface area contributed by atoms with E-state index in [0.29, 0.717) is 19.0 Å². The van der Waals surface area contributed by atoms with Crippen molar-refractivity contribution in [3.8, 4) is 5.75 Å². The molecule has 5 nitrogen and oxygen atoms in total. The molecule has 0 aliphatic carbocycles. The highest BCUT2D eigenvalue weighted by Crippen LogP contribution is 2.30. The van der Waals surface area contributed by atoms with E-state index in [9.17, 15) is 0 Å². The summed E-state index contributed by atoms with van der Waals surface area (Å²) in [5, 5.41) is 11.6. The lowest BCUT2D eigenvalue weighted by atomic mass is 10.0. The highest BCUT2D eigenvalue weighted by Gasteiger charge is 2.09. The SMILES string of the molecule is C=C/C(=C\C)OCc1ccc(CCC(Br)c2cccc(OCCCSOOO)c2)cc1. The number of allylic oxidation sites excluding steroid dienone is 2. The Balaban J connectivity index is 1.77. The van der Waals surface area contributed by atoms with E-state index in [1.54, 1.807) is 6.08 Å². The lowest BCUT2D eigenvalue weighted by Gasteiger charge is -2.13. The Kier molecular flexibility index (Phi) is 12.4.